The minimum atomic E-state index is 0.661. The zero-order chi connectivity index (χ0) is 13.8. The predicted octanol–water partition coefficient (Wildman–Crippen LogP) is 3.91. The Balaban J connectivity index is 1.86. The fourth-order valence-electron chi connectivity index (χ4n) is 3.24. The van der Waals surface area contributed by atoms with Gasteiger partial charge in [0.05, 0.1) is 6.61 Å². The predicted molar refractivity (Wildman–Crippen MR) is 84.2 cm³/mol. The summed E-state index contributed by atoms with van der Waals surface area (Å²) < 4.78 is 6.13. The zero-order valence-corrected chi connectivity index (χ0v) is 12.0. The number of ether oxygens (including phenoxy) is 1. The quantitative estimate of drug-likeness (QED) is 0.893. The summed E-state index contributed by atoms with van der Waals surface area (Å²) in [6.07, 6.45) is 6.24. The normalized spacial score (nSPS) is 15.8. The van der Waals surface area contributed by atoms with Crippen LogP contribution >= 0.6 is 0 Å². The molecule has 1 saturated carbocycles. The van der Waals surface area contributed by atoms with E-state index < -0.39 is 0 Å². The minimum Gasteiger partial charge on any atom is -0.493 e. The van der Waals surface area contributed by atoms with Crippen molar-refractivity contribution < 1.29 is 4.74 Å². The number of hydrogen-bond acceptors (Lipinski definition) is 2. The largest absolute Gasteiger partial charge is 0.493 e. The van der Waals surface area contributed by atoms with Crippen molar-refractivity contribution in [1.29, 1.82) is 0 Å². The molecular weight excluding hydrogens is 246 g/mol. The Kier molecular flexibility index (Phi) is 4.22. The van der Waals surface area contributed by atoms with Gasteiger partial charge in [0.15, 0.2) is 0 Å². The van der Waals surface area contributed by atoms with Crippen LogP contribution in [0, 0.1) is 5.92 Å². The molecule has 2 nitrogen and oxygen atoms in total. The average Bonchev–Trinajstić information content (AvgIpc) is 3.00. The van der Waals surface area contributed by atoms with Crippen molar-refractivity contribution in [2.75, 3.05) is 13.2 Å². The van der Waals surface area contributed by atoms with Crippen molar-refractivity contribution >= 4 is 10.8 Å². The van der Waals surface area contributed by atoms with E-state index in [1.54, 1.807) is 0 Å². The van der Waals surface area contributed by atoms with Crippen LogP contribution in [0.3, 0.4) is 0 Å². The summed E-state index contributed by atoms with van der Waals surface area (Å²) in [5, 5.41) is 2.55. The first kappa shape index (κ1) is 13.4. The highest BCUT2D eigenvalue weighted by Gasteiger charge is 2.16. The van der Waals surface area contributed by atoms with Gasteiger partial charge < -0.3 is 10.5 Å². The topological polar surface area (TPSA) is 35.2 Å². The lowest BCUT2D eigenvalue weighted by Gasteiger charge is -2.16. The van der Waals surface area contributed by atoms with Crippen molar-refractivity contribution in [3.05, 3.63) is 42.0 Å². The second kappa shape index (κ2) is 6.27. The maximum atomic E-state index is 6.13. The molecule has 0 bridgehead atoms. The molecule has 1 aliphatic rings. The number of benzene rings is 2. The number of fused-ring (bicyclic) bond motifs is 1. The Morgan fingerprint density at radius 2 is 1.85 bits per heavy atom. The highest BCUT2D eigenvalue weighted by molar-refractivity contribution is 5.87. The Hall–Kier alpha value is -1.54. The van der Waals surface area contributed by atoms with Crippen LogP contribution < -0.4 is 10.5 Å². The zero-order valence-electron chi connectivity index (χ0n) is 12.0. The van der Waals surface area contributed by atoms with Gasteiger partial charge in [-0.15, -0.1) is 0 Å². The lowest BCUT2D eigenvalue weighted by Crippen LogP contribution is -2.11. The third-order valence-corrected chi connectivity index (χ3v) is 4.34. The third kappa shape index (κ3) is 2.80. The third-order valence-electron chi connectivity index (χ3n) is 4.34. The average molecular weight is 269 g/mol. The lowest BCUT2D eigenvalue weighted by molar-refractivity contribution is 0.250. The molecule has 0 atom stereocenters. The summed E-state index contributed by atoms with van der Waals surface area (Å²) >= 11 is 0. The molecule has 106 valence electrons. The molecule has 0 aliphatic heterocycles. The fourth-order valence-corrected chi connectivity index (χ4v) is 3.24. The molecule has 2 aromatic rings. The Morgan fingerprint density at radius 1 is 1.05 bits per heavy atom. The summed E-state index contributed by atoms with van der Waals surface area (Å²) in [5.74, 6) is 1.77. The van der Waals surface area contributed by atoms with E-state index in [-0.39, 0.29) is 0 Å². The highest BCUT2D eigenvalue weighted by Crippen LogP contribution is 2.30. The summed E-state index contributed by atoms with van der Waals surface area (Å²) in [5.41, 5.74) is 7.05. The van der Waals surface area contributed by atoms with E-state index >= 15 is 0 Å². The van der Waals surface area contributed by atoms with Gasteiger partial charge in [0.2, 0.25) is 0 Å². The van der Waals surface area contributed by atoms with Gasteiger partial charge in [0, 0.05) is 5.56 Å². The van der Waals surface area contributed by atoms with Crippen molar-refractivity contribution in [2.24, 2.45) is 11.7 Å². The molecule has 0 saturated heterocycles. The van der Waals surface area contributed by atoms with Crippen LogP contribution in [-0.2, 0) is 6.42 Å². The molecule has 0 unspecified atom stereocenters. The SMILES string of the molecule is NCCc1c(OCC2CCCC2)ccc2ccccc12. The molecule has 0 spiro atoms. The molecule has 20 heavy (non-hydrogen) atoms. The first-order valence-corrected chi connectivity index (χ1v) is 7.72. The molecule has 2 N–H and O–H groups in total. The summed E-state index contributed by atoms with van der Waals surface area (Å²) in [4.78, 5) is 0. The number of rotatable bonds is 5. The van der Waals surface area contributed by atoms with E-state index in [1.807, 2.05) is 0 Å². The van der Waals surface area contributed by atoms with Crippen LogP contribution in [0.25, 0.3) is 10.8 Å². The first-order chi connectivity index (χ1) is 9.88. The van der Waals surface area contributed by atoms with Crippen LogP contribution in [-0.4, -0.2) is 13.2 Å². The number of nitrogens with two attached hydrogens (primary N) is 1. The summed E-state index contributed by atoms with van der Waals surface area (Å²) in [6, 6.07) is 12.7. The van der Waals surface area contributed by atoms with Gasteiger partial charge in [0.1, 0.15) is 5.75 Å². The van der Waals surface area contributed by atoms with Gasteiger partial charge in [-0.2, -0.15) is 0 Å². The maximum absolute atomic E-state index is 6.13. The highest BCUT2D eigenvalue weighted by atomic mass is 16.5. The van der Waals surface area contributed by atoms with Gasteiger partial charge in [-0.3, -0.25) is 0 Å². The summed E-state index contributed by atoms with van der Waals surface area (Å²) in [7, 11) is 0. The van der Waals surface area contributed by atoms with E-state index in [9.17, 15) is 0 Å². The molecule has 0 radical (unpaired) electrons. The fraction of sp³-hybridized carbons (Fsp3) is 0.444. The Morgan fingerprint density at radius 3 is 2.65 bits per heavy atom. The van der Waals surface area contributed by atoms with E-state index in [2.05, 4.69) is 36.4 Å². The van der Waals surface area contributed by atoms with Crippen molar-refractivity contribution in [1.82, 2.24) is 0 Å². The maximum Gasteiger partial charge on any atom is 0.123 e. The standard InChI is InChI=1S/C18H23NO/c19-12-11-17-16-8-4-3-7-15(16)9-10-18(17)20-13-14-5-1-2-6-14/h3-4,7-10,14H,1-2,5-6,11-13,19H2. The Labute approximate surface area is 120 Å². The Bertz CT molecular complexity index is 573. The molecular formula is C18H23NO. The van der Waals surface area contributed by atoms with Crippen LogP contribution in [0.4, 0.5) is 0 Å². The van der Waals surface area contributed by atoms with Crippen molar-refractivity contribution in [3.63, 3.8) is 0 Å². The van der Waals surface area contributed by atoms with Crippen LogP contribution in [0.5, 0.6) is 5.75 Å². The smallest absolute Gasteiger partial charge is 0.123 e. The molecule has 0 aromatic heterocycles. The van der Waals surface area contributed by atoms with Gasteiger partial charge >= 0.3 is 0 Å². The van der Waals surface area contributed by atoms with E-state index in [0.717, 1.165) is 24.7 Å². The van der Waals surface area contributed by atoms with E-state index in [0.29, 0.717) is 6.54 Å². The molecule has 2 aromatic carbocycles. The molecule has 1 fully saturated rings. The monoisotopic (exact) mass is 269 g/mol. The second-order valence-electron chi connectivity index (χ2n) is 5.76. The lowest BCUT2D eigenvalue weighted by atomic mass is 10.0. The van der Waals surface area contributed by atoms with Gasteiger partial charge in [-0.25, -0.2) is 0 Å². The molecule has 2 heteroatoms. The van der Waals surface area contributed by atoms with Crippen molar-refractivity contribution in [3.8, 4) is 5.75 Å². The van der Waals surface area contributed by atoms with Crippen LogP contribution in [0.1, 0.15) is 31.2 Å². The van der Waals surface area contributed by atoms with Crippen LogP contribution in [0.2, 0.25) is 0 Å². The molecule has 3 rings (SSSR count). The van der Waals surface area contributed by atoms with Gasteiger partial charge in [-0.05, 0) is 48.6 Å². The molecule has 1 aliphatic carbocycles. The van der Waals surface area contributed by atoms with Gasteiger partial charge in [0.25, 0.3) is 0 Å². The van der Waals surface area contributed by atoms with Gasteiger partial charge in [-0.1, -0.05) is 43.2 Å². The van der Waals surface area contributed by atoms with E-state index in [1.165, 1.54) is 42.0 Å². The van der Waals surface area contributed by atoms with Crippen LogP contribution in [0.15, 0.2) is 36.4 Å². The molecule has 0 amide bonds. The minimum absolute atomic E-state index is 0.661. The second-order valence-corrected chi connectivity index (χ2v) is 5.76. The van der Waals surface area contributed by atoms with Crippen molar-refractivity contribution in [2.45, 2.75) is 32.1 Å². The summed E-state index contributed by atoms with van der Waals surface area (Å²) in [6.45, 7) is 1.52. The number of hydrogen-bond donors (Lipinski definition) is 1. The first-order valence-electron chi connectivity index (χ1n) is 7.72. The van der Waals surface area contributed by atoms with E-state index in [4.69, 9.17) is 10.5 Å². The molecule has 0 heterocycles.